The second kappa shape index (κ2) is 5.41. The maximum atomic E-state index is 5.41. The monoisotopic (exact) mass is 281 g/mol. The third kappa shape index (κ3) is 2.61. The summed E-state index contributed by atoms with van der Waals surface area (Å²) >= 11 is 0. The Hall–Kier alpha value is -2.00. The molecule has 1 heterocycles. The van der Waals surface area contributed by atoms with E-state index in [2.05, 4.69) is 47.8 Å². The van der Waals surface area contributed by atoms with Gasteiger partial charge in [-0.05, 0) is 42.0 Å². The largest absolute Gasteiger partial charge is 0.454 e. The third-order valence-electron chi connectivity index (χ3n) is 4.44. The van der Waals surface area contributed by atoms with Gasteiger partial charge in [0.2, 0.25) is 6.79 Å². The van der Waals surface area contributed by atoms with E-state index in [9.17, 15) is 0 Å². The standard InChI is InChI=1S/C18H19NO2/c1-2-4-14(5-3-1)15-9-16(10-15)19-11-13-6-7-17-18(8-13)21-12-20-17/h1-8,15-16,19H,9-12H2. The van der Waals surface area contributed by atoms with Gasteiger partial charge in [-0.1, -0.05) is 36.4 Å². The van der Waals surface area contributed by atoms with Gasteiger partial charge in [-0.15, -0.1) is 0 Å². The zero-order valence-electron chi connectivity index (χ0n) is 11.9. The molecule has 1 N–H and O–H groups in total. The highest BCUT2D eigenvalue weighted by Gasteiger charge is 2.29. The molecule has 3 nitrogen and oxygen atoms in total. The first kappa shape index (κ1) is 12.7. The quantitative estimate of drug-likeness (QED) is 0.931. The number of benzene rings is 2. The SMILES string of the molecule is c1ccc(C2CC(NCc3ccc4c(c3)OCO4)C2)cc1. The summed E-state index contributed by atoms with van der Waals surface area (Å²) in [6, 6.07) is 17.6. The van der Waals surface area contributed by atoms with Crippen LogP contribution in [0.4, 0.5) is 0 Å². The van der Waals surface area contributed by atoms with E-state index in [1.165, 1.54) is 24.0 Å². The number of ether oxygens (including phenoxy) is 2. The fourth-order valence-corrected chi connectivity index (χ4v) is 3.09. The zero-order valence-corrected chi connectivity index (χ0v) is 11.9. The van der Waals surface area contributed by atoms with Crippen LogP contribution in [0, 0.1) is 0 Å². The molecule has 108 valence electrons. The summed E-state index contributed by atoms with van der Waals surface area (Å²) in [7, 11) is 0. The topological polar surface area (TPSA) is 30.5 Å². The van der Waals surface area contributed by atoms with Gasteiger partial charge in [-0.2, -0.15) is 0 Å². The van der Waals surface area contributed by atoms with E-state index < -0.39 is 0 Å². The molecule has 3 heteroatoms. The smallest absolute Gasteiger partial charge is 0.231 e. The Balaban J connectivity index is 1.29. The predicted octanol–water partition coefficient (Wildman–Crippen LogP) is 3.45. The molecule has 0 aromatic heterocycles. The number of rotatable bonds is 4. The Morgan fingerprint density at radius 2 is 1.76 bits per heavy atom. The van der Waals surface area contributed by atoms with Crippen molar-refractivity contribution in [1.82, 2.24) is 5.32 Å². The average molecular weight is 281 g/mol. The highest BCUT2D eigenvalue weighted by molar-refractivity contribution is 5.44. The Morgan fingerprint density at radius 3 is 2.62 bits per heavy atom. The number of fused-ring (bicyclic) bond motifs is 1. The van der Waals surface area contributed by atoms with Gasteiger partial charge in [0, 0.05) is 12.6 Å². The fraction of sp³-hybridized carbons (Fsp3) is 0.333. The lowest BCUT2D eigenvalue weighted by Gasteiger charge is -2.36. The van der Waals surface area contributed by atoms with Gasteiger partial charge in [0.25, 0.3) is 0 Å². The first-order chi connectivity index (χ1) is 10.4. The molecule has 1 fully saturated rings. The Labute approximate surface area is 124 Å². The van der Waals surface area contributed by atoms with Gasteiger partial charge in [-0.25, -0.2) is 0 Å². The molecule has 2 aromatic carbocycles. The molecular weight excluding hydrogens is 262 g/mol. The Kier molecular flexibility index (Phi) is 3.28. The van der Waals surface area contributed by atoms with Gasteiger partial charge >= 0.3 is 0 Å². The predicted molar refractivity (Wildman–Crippen MR) is 81.6 cm³/mol. The van der Waals surface area contributed by atoms with Crippen LogP contribution < -0.4 is 14.8 Å². The van der Waals surface area contributed by atoms with Crippen molar-refractivity contribution in [1.29, 1.82) is 0 Å². The molecule has 0 amide bonds. The second-order valence-corrected chi connectivity index (χ2v) is 5.84. The second-order valence-electron chi connectivity index (χ2n) is 5.84. The summed E-state index contributed by atoms with van der Waals surface area (Å²) in [4.78, 5) is 0. The minimum Gasteiger partial charge on any atom is -0.454 e. The minimum absolute atomic E-state index is 0.341. The average Bonchev–Trinajstić information content (AvgIpc) is 2.94. The molecule has 4 rings (SSSR count). The maximum absolute atomic E-state index is 5.41. The van der Waals surface area contributed by atoms with Crippen LogP contribution in [0.1, 0.15) is 29.9 Å². The summed E-state index contributed by atoms with van der Waals surface area (Å²) in [5, 5.41) is 3.63. The molecule has 0 bridgehead atoms. The van der Waals surface area contributed by atoms with Crippen molar-refractivity contribution in [2.45, 2.75) is 31.3 Å². The van der Waals surface area contributed by atoms with E-state index in [4.69, 9.17) is 9.47 Å². The molecule has 2 aromatic rings. The minimum atomic E-state index is 0.341. The number of hydrogen-bond donors (Lipinski definition) is 1. The highest BCUT2D eigenvalue weighted by atomic mass is 16.7. The number of hydrogen-bond acceptors (Lipinski definition) is 3. The molecule has 21 heavy (non-hydrogen) atoms. The van der Waals surface area contributed by atoms with Crippen molar-refractivity contribution in [2.75, 3.05) is 6.79 Å². The van der Waals surface area contributed by atoms with Gasteiger partial charge in [0.15, 0.2) is 11.5 Å². The van der Waals surface area contributed by atoms with Crippen LogP contribution >= 0.6 is 0 Å². The van der Waals surface area contributed by atoms with Crippen LogP contribution in [0.5, 0.6) is 11.5 Å². The van der Waals surface area contributed by atoms with Crippen molar-refractivity contribution in [3.63, 3.8) is 0 Å². The van der Waals surface area contributed by atoms with E-state index in [1.807, 2.05) is 6.07 Å². The van der Waals surface area contributed by atoms with Crippen LogP contribution in [0.3, 0.4) is 0 Å². The molecule has 0 atom stereocenters. The van der Waals surface area contributed by atoms with Crippen molar-refractivity contribution < 1.29 is 9.47 Å². The van der Waals surface area contributed by atoms with E-state index >= 15 is 0 Å². The molecule has 1 aliphatic carbocycles. The van der Waals surface area contributed by atoms with E-state index in [1.54, 1.807) is 0 Å². The summed E-state index contributed by atoms with van der Waals surface area (Å²) in [6.07, 6.45) is 2.46. The molecule has 0 spiro atoms. The van der Waals surface area contributed by atoms with E-state index in [-0.39, 0.29) is 0 Å². The lowest BCUT2D eigenvalue weighted by atomic mass is 9.76. The normalized spacial score (nSPS) is 22.9. The molecule has 0 saturated heterocycles. The van der Waals surface area contributed by atoms with Crippen molar-refractivity contribution in [3.05, 3.63) is 59.7 Å². The van der Waals surface area contributed by atoms with Gasteiger partial charge in [0.1, 0.15) is 0 Å². The van der Waals surface area contributed by atoms with Crippen LogP contribution in [0.15, 0.2) is 48.5 Å². The lowest BCUT2D eigenvalue weighted by Crippen LogP contribution is -2.39. The van der Waals surface area contributed by atoms with Crippen LogP contribution in [-0.2, 0) is 6.54 Å². The summed E-state index contributed by atoms with van der Waals surface area (Å²) in [5.74, 6) is 2.44. The maximum Gasteiger partial charge on any atom is 0.231 e. The first-order valence-corrected chi connectivity index (χ1v) is 7.55. The van der Waals surface area contributed by atoms with Gasteiger partial charge < -0.3 is 14.8 Å². The fourth-order valence-electron chi connectivity index (χ4n) is 3.09. The molecule has 1 aliphatic heterocycles. The zero-order chi connectivity index (χ0) is 14.1. The Morgan fingerprint density at radius 1 is 0.952 bits per heavy atom. The lowest BCUT2D eigenvalue weighted by molar-refractivity contribution is 0.174. The number of nitrogens with one attached hydrogen (secondary N) is 1. The van der Waals surface area contributed by atoms with Crippen LogP contribution in [0.2, 0.25) is 0 Å². The van der Waals surface area contributed by atoms with Crippen LogP contribution in [0.25, 0.3) is 0 Å². The van der Waals surface area contributed by atoms with Crippen molar-refractivity contribution in [2.24, 2.45) is 0 Å². The molecular formula is C18H19NO2. The van der Waals surface area contributed by atoms with Gasteiger partial charge in [-0.3, -0.25) is 0 Å². The molecule has 1 saturated carbocycles. The van der Waals surface area contributed by atoms with E-state index in [0.717, 1.165) is 24.0 Å². The van der Waals surface area contributed by atoms with E-state index in [0.29, 0.717) is 12.8 Å². The highest BCUT2D eigenvalue weighted by Crippen LogP contribution is 2.37. The van der Waals surface area contributed by atoms with Crippen LogP contribution in [-0.4, -0.2) is 12.8 Å². The summed E-state index contributed by atoms with van der Waals surface area (Å²) < 4.78 is 10.7. The van der Waals surface area contributed by atoms with Crippen molar-refractivity contribution in [3.8, 4) is 11.5 Å². The summed E-state index contributed by atoms with van der Waals surface area (Å²) in [5.41, 5.74) is 2.72. The van der Waals surface area contributed by atoms with Gasteiger partial charge in [0.05, 0.1) is 0 Å². The van der Waals surface area contributed by atoms with Crippen molar-refractivity contribution >= 4 is 0 Å². The third-order valence-corrected chi connectivity index (χ3v) is 4.44. The Bertz CT molecular complexity index is 620. The first-order valence-electron chi connectivity index (χ1n) is 7.55. The molecule has 2 aliphatic rings. The molecule has 0 radical (unpaired) electrons. The summed E-state index contributed by atoms with van der Waals surface area (Å²) in [6.45, 7) is 1.23. The molecule has 0 unspecified atom stereocenters.